The summed E-state index contributed by atoms with van der Waals surface area (Å²) in [5.41, 5.74) is 1.95. The van der Waals surface area contributed by atoms with Crippen molar-refractivity contribution in [3.63, 3.8) is 0 Å². The fourth-order valence-electron chi connectivity index (χ4n) is 3.38. The molecule has 26 heavy (non-hydrogen) atoms. The van der Waals surface area contributed by atoms with Crippen molar-refractivity contribution in [2.24, 2.45) is 0 Å². The molecular formula is C21H28FN2O2+. The van der Waals surface area contributed by atoms with Crippen LogP contribution < -0.4 is 14.5 Å². The first-order valence-electron chi connectivity index (χ1n) is 9.38. The van der Waals surface area contributed by atoms with Gasteiger partial charge in [0.1, 0.15) is 30.8 Å². The predicted molar refractivity (Wildman–Crippen MR) is 101 cm³/mol. The van der Waals surface area contributed by atoms with E-state index >= 15 is 0 Å². The number of para-hydroxylation sites is 1. The number of piperazine rings is 1. The zero-order valence-corrected chi connectivity index (χ0v) is 15.3. The van der Waals surface area contributed by atoms with Crippen molar-refractivity contribution in [3.8, 4) is 5.75 Å². The van der Waals surface area contributed by atoms with Gasteiger partial charge in [-0.2, -0.15) is 0 Å². The Hall–Kier alpha value is -2.11. The predicted octanol–water partition coefficient (Wildman–Crippen LogP) is 1.53. The number of quaternary nitrogens is 1. The van der Waals surface area contributed by atoms with Gasteiger partial charge >= 0.3 is 0 Å². The van der Waals surface area contributed by atoms with Crippen LogP contribution in [0.1, 0.15) is 12.5 Å². The van der Waals surface area contributed by atoms with Gasteiger partial charge in [-0.1, -0.05) is 31.2 Å². The number of anilines is 1. The molecule has 0 bridgehead atoms. The highest BCUT2D eigenvalue weighted by molar-refractivity contribution is 5.47. The van der Waals surface area contributed by atoms with Crippen molar-refractivity contribution >= 4 is 5.69 Å². The Morgan fingerprint density at radius 1 is 1.12 bits per heavy atom. The fraction of sp³-hybridized carbons (Fsp3) is 0.429. The molecule has 0 aliphatic carbocycles. The summed E-state index contributed by atoms with van der Waals surface area (Å²) in [6.45, 7) is 6.43. The SMILES string of the molecule is CCc1ccc(OCC(O)C[NH+]2CCN(c3ccccc3F)CC2)cc1. The molecule has 1 saturated heterocycles. The molecule has 0 saturated carbocycles. The summed E-state index contributed by atoms with van der Waals surface area (Å²) in [5.74, 6) is 0.624. The van der Waals surface area contributed by atoms with Crippen molar-refractivity contribution in [2.45, 2.75) is 19.4 Å². The molecule has 1 heterocycles. The van der Waals surface area contributed by atoms with E-state index in [0.29, 0.717) is 18.8 Å². The van der Waals surface area contributed by atoms with Crippen molar-refractivity contribution < 1.29 is 19.1 Å². The van der Waals surface area contributed by atoms with Gasteiger partial charge in [0.2, 0.25) is 0 Å². The average Bonchev–Trinajstić information content (AvgIpc) is 2.68. The summed E-state index contributed by atoms with van der Waals surface area (Å²) in [5, 5.41) is 10.3. The zero-order chi connectivity index (χ0) is 18.4. The maximum atomic E-state index is 13.9. The molecule has 140 valence electrons. The third-order valence-corrected chi connectivity index (χ3v) is 4.96. The fourth-order valence-corrected chi connectivity index (χ4v) is 3.38. The average molecular weight is 359 g/mol. The van der Waals surface area contributed by atoms with Gasteiger partial charge in [-0.05, 0) is 36.2 Å². The number of aryl methyl sites for hydroxylation is 1. The van der Waals surface area contributed by atoms with Crippen LogP contribution in [0.4, 0.5) is 10.1 Å². The molecule has 2 aromatic carbocycles. The highest BCUT2D eigenvalue weighted by Gasteiger charge is 2.24. The summed E-state index contributed by atoms with van der Waals surface area (Å²) in [7, 11) is 0. The van der Waals surface area contributed by atoms with E-state index in [4.69, 9.17) is 4.74 Å². The van der Waals surface area contributed by atoms with Gasteiger partial charge in [-0.25, -0.2) is 4.39 Å². The Balaban J connectivity index is 1.41. The maximum Gasteiger partial charge on any atom is 0.146 e. The minimum Gasteiger partial charge on any atom is -0.491 e. The minimum absolute atomic E-state index is 0.168. The first-order valence-corrected chi connectivity index (χ1v) is 9.38. The molecule has 1 fully saturated rings. The third kappa shape index (κ3) is 4.96. The van der Waals surface area contributed by atoms with Crippen LogP contribution in [0.2, 0.25) is 0 Å². The summed E-state index contributed by atoms with van der Waals surface area (Å²) < 4.78 is 19.6. The van der Waals surface area contributed by atoms with Crippen molar-refractivity contribution in [1.82, 2.24) is 0 Å². The molecule has 1 atom stereocenters. The van der Waals surface area contributed by atoms with Gasteiger partial charge in [0.15, 0.2) is 0 Å². The molecule has 2 aromatic rings. The van der Waals surface area contributed by atoms with Gasteiger partial charge in [0.25, 0.3) is 0 Å². The number of ether oxygens (including phenoxy) is 1. The second-order valence-electron chi connectivity index (χ2n) is 6.85. The number of hydrogen-bond acceptors (Lipinski definition) is 3. The number of benzene rings is 2. The summed E-state index contributed by atoms with van der Waals surface area (Å²) >= 11 is 0. The number of aliphatic hydroxyl groups is 1. The Morgan fingerprint density at radius 2 is 1.81 bits per heavy atom. The summed E-state index contributed by atoms with van der Waals surface area (Å²) in [6.07, 6.45) is 0.501. The van der Waals surface area contributed by atoms with Crippen LogP contribution in [0.15, 0.2) is 48.5 Å². The number of nitrogens with one attached hydrogen (secondary N) is 1. The molecule has 0 aromatic heterocycles. The Labute approximate surface area is 154 Å². The van der Waals surface area contributed by atoms with Crippen LogP contribution in [0.5, 0.6) is 5.75 Å². The Bertz CT molecular complexity index is 685. The standard InChI is InChI=1S/C21H27FN2O2/c1-2-17-7-9-19(10-8-17)26-16-18(25)15-23-11-13-24(14-12-23)21-6-4-3-5-20(21)22/h3-10,18,25H,2,11-16H2,1H3/p+1. The number of halogens is 1. The van der Waals surface area contributed by atoms with Gasteiger partial charge in [-0.3, -0.25) is 0 Å². The molecule has 0 radical (unpaired) electrons. The van der Waals surface area contributed by atoms with Crippen molar-refractivity contribution in [3.05, 3.63) is 59.9 Å². The lowest BCUT2D eigenvalue weighted by molar-refractivity contribution is -0.903. The van der Waals surface area contributed by atoms with Crippen LogP contribution in [0.25, 0.3) is 0 Å². The number of rotatable bonds is 7. The first-order chi connectivity index (χ1) is 12.7. The topological polar surface area (TPSA) is 37.1 Å². The molecule has 1 aliphatic rings. The van der Waals surface area contributed by atoms with E-state index in [1.165, 1.54) is 16.5 Å². The Kier molecular flexibility index (Phi) is 6.47. The summed E-state index contributed by atoms with van der Waals surface area (Å²) in [4.78, 5) is 3.41. The van der Waals surface area contributed by atoms with E-state index in [1.54, 1.807) is 6.07 Å². The van der Waals surface area contributed by atoms with Gasteiger partial charge in [-0.15, -0.1) is 0 Å². The van der Waals surface area contributed by atoms with Crippen molar-refractivity contribution in [1.29, 1.82) is 0 Å². The highest BCUT2D eigenvalue weighted by atomic mass is 19.1. The van der Waals surface area contributed by atoms with E-state index in [2.05, 4.69) is 24.0 Å². The second kappa shape index (κ2) is 9.01. The molecular weight excluding hydrogens is 331 g/mol. The van der Waals surface area contributed by atoms with Gasteiger partial charge in [0, 0.05) is 0 Å². The van der Waals surface area contributed by atoms with E-state index in [0.717, 1.165) is 38.3 Å². The monoisotopic (exact) mass is 359 g/mol. The third-order valence-electron chi connectivity index (χ3n) is 4.96. The van der Waals surface area contributed by atoms with Crippen LogP contribution >= 0.6 is 0 Å². The van der Waals surface area contributed by atoms with E-state index in [9.17, 15) is 9.50 Å². The normalized spacial score (nSPS) is 16.5. The number of hydrogen-bond donors (Lipinski definition) is 2. The molecule has 2 N–H and O–H groups in total. The molecule has 5 heteroatoms. The lowest BCUT2D eigenvalue weighted by atomic mass is 10.2. The van der Waals surface area contributed by atoms with Gasteiger partial charge < -0.3 is 19.6 Å². The highest BCUT2D eigenvalue weighted by Crippen LogP contribution is 2.18. The zero-order valence-electron chi connectivity index (χ0n) is 15.3. The lowest BCUT2D eigenvalue weighted by Gasteiger charge is -2.34. The lowest BCUT2D eigenvalue weighted by Crippen LogP contribution is -3.16. The molecule has 0 spiro atoms. The molecule has 1 unspecified atom stereocenters. The molecule has 0 amide bonds. The molecule has 1 aliphatic heterocycles. The van der Waals surface area contributed by atoms with Crippen LogP contribution in [-0.4, -0.2) is 50.5 Å². The molecule has 3 rings (SSSR count). The van der Waals surface area contributed by atoms with Crippen LogP contribution in [0.3, 0.4) is 0 Å². The summed E-state index contributed by atoms with van der Waals surface area (Å²) in [6, 6.07) is 14.9. The first kappa shape index (κ1) is 18.7. The van der Waals surface area contributed by atoms with E-state index < -0.39 is 6.10 Å². The van der Waals surface area contributed by atoms with Crippen molar-refractivity contribution in [2.75, 3.05) is 44.2 Å². The largest absolute Gasteiger partial charge is 0.491 e. The van der Waals surface area contributed by atoms with E-state index in [-0.39, 0.29) is 5.82 Å². The molecule has 4 nitrogen and oxygen atoms in total. The number of aliphatic hydroxyl groups excluding tert-OH is 1. The number of nitrogens with zero attached hydrogens (tertiary/aromatic N) is 1. The van der Waals surface area contributed by atoms with Crippen LogP contribution in [0, 0.1) is 5.82 Å². The van der Waals surface area contributed by atoms with Gasteiger partial charge in [0.05, 0.1) is 31.9 Å². The minimum atomic E-state index is -0.504. The maximum absolute atomic E-state index is 13.9. The second-order valence-corrected chi connectivity index (χ2v) is 6.85. The smallest absolute Gasteiger partial charge is 0.146 e. The quantitative estimate of drug-likeness (QED) is 0.787. The van der Waals surface area contributed by atoms with E-state index in [1.807, 2.05) is 24.3 Å². The van der Waals surface area contributed by atoms with Crippen LogP contribution in [-0.2, 0) is 6.42 Å². The Morgan fingerprint density at radius 3 is 2.46 bits per heavy atom.